The fraction of sp³-hybridized carbons (Fsp3) is 0.394. The molecule has 1 N–H and O–H groups in total. The lowest BCUT2D eigenvalue weighted by Crippen LogP contribution is -2.44. The van der Waals surface area contributed by atoms with Gasteiger partial charge in [0.15, 0.2) is 11.5 Å². The monoisotopic (exact) mass is 612 g/mol. The average molecular weight is 613 g/mol. The summed E-state index contributed by atoms with van der Waals surface area (Å²) in [6, 6.07) is 9.25. The third-order valence-electron chi connectivity index (χ3n) is 8.93. The molecule has 4 aromatic heterocycles. The highest BCUT2D eigenvalue weighted by atomic mass is 32.1. The zero-order chi connectivity index (χ0) is 30.5. The van der Waals surface area contributed by atoms with Crippen LogP contribution in [0.5, 0.6) is 5.75 Å². The summed E-state index contributed by atoms with van der Waals surface area (Å²) in [6.45, 7) is 3.41. The number of nitrogens with zero attached hydrogens (tertiary/aromatic N) is 6. The molecule has 228 valence electrons. The van der Waals surface area contributed by atoms with Gasteiger partial charge in [0.1, 0.15) is 27.6 Å². The number of likely N-dealkylation sites (N-methyl/N-ethyl adjacent to an activating group) is 1. The number of rotatable bonds is 6. The second-order valence-corrected chi connectivity index (χ2v) is 13.0. The predicted molar refractivity (Wildman–Crippen MR) is 173 cm³/mol. The van der Waals surface area contributed by atoms with Crippen LogP contribution in [-0.2, 0) is 6.42 Å². The molecule has 1 aromatic carbocycles. The maximum Gasteiger partial charge on any atom is 0.270 e. The predicted octanol–water partition coefficient (Wildman–Crippen LogP) is 5.13. The Morgan fingerprint density at radius 3 is 2.61 bits per heavy atom. The molecule has 2 fully saturated rings. The van der Waals surface area contributed by atoms with Crippen molar-refractivity contribution in [2.24, 2.45) is 0 Å². The summed E-state index contributed by atoms with van der Waals surface area (Å²) in [4.78, 5) is 41.5. The lowest BCUT2D eigenvalue weighted by molar-refractivity contribution is 0.0815. The maximum absolute atomic E-state index is 13.0. The molecule has 11 heteroatoms. The van der Waals surface area contributed by atoms with Gasteiger partial charge in [-0.2, -0.15) is 0 Å². The van der Waals surface area contributed by atoms with E-state index in [9.17, 15) is 14.7 Å². The zero-order valence-electron chi connectivity index (χ0n) is 25.2. The van der Waals surface area contributed by atoms with Crippen molar-refractivity contribution in [2.75, 3.05) is 52.2 Å². The Bertz CT molecular complexity index is 1930. The summed E-state index contributed by atoms with van der Waals surface area (Å²) in [5, 5.41) is 13.9. The molecule has 7 rings (SSSR count). The van der Waals surface area contributed by atoms with Crippen LogP contribution in [0.25, 0.3) is 32.4 Å². The summed E-state index contributed by atoms with van der Waals surface area (Å²) in [5.74, 6) is 1.24. The van der Waals surface area contributed by atoms with E-state index in [-0.39, 0.29) is 23.1 Å². The first kappa shape index (κ1) is 28.5. The first-order valence-electron chi connectivity index (χ1n) is 15.2. The van der Waals surface area contributed by atoms with Crippen LogP contribution in [0.15, 0.2) is 51.1 Å². The van der Waals surface area contributed by atoms with Gasteiger partial charge in [0.25, 0.3) is 5.91 Å². The van der Waals surface area contributed by atoms with Gasteiger partial charge < -0.3 is 28.8 Å². The summed E-state index contributed by atoms with van der Waals surface area (Å²) in [5.41, 5.74) is 4.14. The SMILES string of the molecule is CN1CCN(c2cc(=O)c3scc(-c4ccc(Cc5ncc6cc(C(=O)N(C)C)n(C7CCCC7)c6n5)c(O)c4)c3o2)CC1. The molecule has 10 nitrogen and oxygen atoms in total. The normalized spacial score (nSPS) is 16.4. The highest BCUT2D eigenvalue weighted by molar-refractivity contribution is 7.17. The number of hydrogen-bond donors (Lipinski definition) is 1. The molecule has 0 atom stereocenters. The summed E-state index contributed by atoms with van der Waals surface area (Å²) in [6.07, 6.45) is 6.43. The van der Waals surface area contributed by atoms with Crippen LogP contribution in [0.2, 0.25) is 0 Å². The minimum atomic E-state index is -0.0531. The molecule has 2 aliphatic rings. The Labute approximate surface area is 259 Å². The number of phenols is 1. The van der Waals surface area contributed by atoms with E-state index in [1.807, 2.05) is 23.6 Å². The molecule has 0 radical (unpaired) electrons. The van der Waals surface area contributed by atoms with Gasteiger partial charge in [-0.15, -0.1) is 11.3 Å². The van der Waals surface area contributed by atoms with Crippen LogP contribution >= 0.6 is 11.3 Å². The average Bonchev–Trinajstić information content (AvgIpc) is 3.77. The van der Waals surface area contributed by atoms with Gasteiger partial charge in [0.05, 0.1) is 0 Å². The van der Waals surface area contributed by atoms with Crippen molar-refractivity contribution in [2.45, 2.75) is 38.1 Å². The number of carbonyl (C=O) groups excluding carboxylic acids is 1. The molecule has 1 saturated heterocycles. The van der Waals surface area contributed by atoms with E-state index < -0.39 is 0 Å². The number of anilines is 1. The van der Waals surface area contributed by atoms with Crippen molar-refractivity contribution >= 4 is 44.4 Å². The van der Waals surface area contributed by atoms with Gasteiger partial charge in [-0.3, -0.25) is 9.59 Å². The van der Waals surface area contributed by atoms with Crippen LogP contribution in [0.1, 0.15) is 53.6 Å². The Balaban J connectivity index is 1.20. The number of aromatic nitrogens is 3. The topological polar surface area (TPSA) is 108 Å². The Hall–Kier alpha value is -4.22. The number of fused-ring (bicyclic) bond motifs is 2. The van der Waals surface area contributed by atoms with Crippen molar-refractivity contribution in [3.8, 4) is 16.9 Å². The fourth-order valence-electron chi connectivity index (χ4n) is 6.42. The summed E-state index contributed by atoms with van der Waals surface area (Å²) in [7, 11) is 5.62. The third kappa shape index (κ3) is 5.13. The van der Waals surface area contributed by atoms with Gasteiger partial charge in [-0.1, -0.05) is 25.0 Å². The van der Waals surface area contributed by atoms with E-state index in [1.54, 1.807) is 37.3 Å². The Kier molecular flexibility index (Phi) is 7.37. The number of aromatic hydroxyl groups is 1. The molecular weight excluding hydrogens is 576 g/mol. The van der Waals surface area contributed by atoms with Gasteiger partial charge in [0, 0.05) is 86.9 Å². The lowest BCUT2D eigenvalue weighted by Gasteiger charge is -2.32. The number of carbonyl (C=O) groups is 1. The molecule has 1 saturated carbocycles. The molecule has 1 aliphatic heterocycles. The standard InChI is InChI=1S/C33H36N6O4S/c1-36(2)33(42)25-14-22-18-34-28(35-32(22)39(25)23-6-4-5-7-23)16-21-9-8-20(15-26(21)40)24-19-44-31-27(41)17-29(43-30(24)31)38-12-10-37(3)11-13-38/h8-9,14-15,17-19,23,40H,4-7,10-13,16H2,1-3H3. The second-order valence-electron chi connectivity index (χ2n) is 12.2. The molecule has 5 heterocycles. The highest BCUT2D eigenvalue weighted by Crippen LogP contribution is 2.38. The number of amides is 1. The quantitative estimate of drug-likeness (QED) is 0.281. The minimum Gasteiger partial charge on any atom is -0.508 e. The van der Waals surface area contributed by atoms with Crippen molar-refractivity contribution in [3.05, 3.63) is 69.2 Å². The van der Waals surface area contributed by atoms with E-state index in [4.69, 9.17) is 9.40 Å². The molecule has 0 unspecified atom stereocenters. The van der Waals surface area contributed by atoms with Crippen molar-refractivity contribution < 1.29 is 14.3 Å². The van der Waals surface area contributed by atoms with Crippen LogP contribution in [0.3, 0.4) is 0 Å². The fourth-order valence-corrected chi connectivity index (χ4v) is 7.33. The van der Waals surface area contributed by atoms with E-state index >= 15 is 0 Å². The van der Waals surface area contributed by atoms with E-state index in [1.165, 1.54) is 11.3 Å². The summed E-state index contributed by atoms with van der Waals surface area (Å²) >= 11 is 1.36. The van der Waals surface area contributed by atoms with Crippen molar-refractivity contribution in [1.29, 1.82) is 0 Å². The molecule has 1 aliphatic carbocycles. The van der Waals surface area contributed by atoms with E-state index in [0.717, 1.165) is 74.0 Å². The number of benzene rings is 1. The number of phenolic OH excluding ortho intramolecular Hbond substituents is 1. The van der Waals surface area contributed by atoms with E-state index in [0.29, 0.717) is 39.7 Å². The Morgan fingerprint density at radius 2 is 1.89 bits per heavy atom. The van der Waals surface area contributed by atoms with E-state index in [2.05, 4.69) is 26.4 Å². The minimum absolute atomic E-state index is 0.0443. The largest absolute Gasteiger partial charge is 0.508 e. The smallest absolute Gasteiger partial charge is 0.270 e. The molecular formula is C33H36N6O4S. The second kappa shape index (κ2) is 11.4. The maximum atomic E-state index is 13.0. The highest BCUT2D eigenvalue weighted by Gasteiger charge is 2.27. The first-order valence-corrected chi connectivity index (χ1v) is 16.0. The van der Waals surface area contributed by atoms with Gasteiger partial charge in [0.2, 0.25) is 5.43 Å². The first-order chi connectivity index (χ1) is 21.3. The summed E-state index contributed by atoms with van der Waals surface area (Å²) < 4.78 is 9.00. The van der Waals surface area contributed by atoms with Gasteiger partial charge in [-0.25, -0.2) is 9.97 Å². The lowest BCUT2D eigenvalue weighted by atomic mass is 10.0. The van der Waals surface area contributed by atoms with Crippen molar-refractivity contribution in [3.63, 3.8) is 0 Å². The van der Waals surface area contributed by atoms with Crippen LogP contribution < -0.4 is 10.3 Å². The molecule has 1 amide bonds. The van der Waals surface area contributed by atoms with Gasteiger partial charge in [-0.05, 0) is 37.6 Å². The molecule has 5 aromatic rings. The number of thiophene rings is 1. The third-order valence-corrected chi connectivity index (χ3v) is 9.91. The van der Waals surface area contributed by atoms with Crippen LogP contribution in [-0.4, -0.2) is 82.7 Å². The van der Waals surface area contributed by atoms with Crippen molar-refractivity contribution in [1.82, 2.24) is 24.3 Å². The Morgan fingerprint density at radius 1 is 1.11 bits per heavy atom. The van der Waals surface area contributed by atoms with Crippen LogP contribution in [0, 0.1) is 0 Å². The molecule has 0 bridgehead atoms. The zero-order valence-corrected chi connectivity index (χ0v) is 26.1. The molecule has 44 heavy (non-hydrogen) atoms. The van der Waals surface area contributed by atoms with Gasteiger partial charge >= 0.3 is 0 Å². The van der Waals surface area contributed by atoms with Crippen LogP contribution in [0.4, 0.5) is 5.88 Å². The number of piperazine rings is 1. The molecule has 0 spiro atoms. The number of hydrogen-bond acceptors (Lipinski definition) is 9.